The fourth-order valence-corrected chi connectivity index (χ4v) is 3.58. The summed E-state index contributed by atoms with van der Waals surface area (Å²) >= 11 is 0. The van der Waals surface area contributed by atoms with Crippen molar-refractivity contribution in [3.63, 3.8) is 0 Å². The third kappa shape index (κ3) is 2.26. The molecule has 0 amide bonds. The SMILES string of the molecule is C=C.O=C1CCC2(CC1)Cc1ccccc1C2[N+](=O)[O-]. The molecule has 20 heavy (non-hydrogen) atoms. The average molecular weight is 273 g/mol. The normalized spacial score (nSPS) is 22.8. The standard InChI is InChI=1S/C14H15NO3.C2H4/c16-11-5-7-14(8-6-11)9-10-3-1-2-4-12(10)13(14)15(17)18;1-2/h1-4,13H,5-9H2;1-2H2. The predicted octanol–water partition coefficient (Wildman–Crippen LogP) is 3.49. The van der Waals surface area contributed by atoms with Crippen molar-refractivity contribution in [1.29, 1.82) is 0 Å². The summed E-state index contributed by atoms with van der Waals surface area (Å²) in [6.45, 7) is 6.00. The number of nitro groups is 1. The monoisotopic (exact) mass is 273 g/mol. The van der Waals surface area contributed by atoms with E-state index in [-0.39, 0.29) is 16.1 Å². The molecule has 0 N–H and O–H groups in total. The van der Waals surface area contributed by atoms with Gasteiger partial charge in [-0.25, -0.2) is 0 Å². The smallest absolute Gasteiger partial charge is 0.244 e. The van der Waals surface area contributed by atoms with Crippen molar-refractivity contribution in [2.45, 2.75) is 38.1 Å². The maximum atomic E-state index is 11.4. The van der Waals surface area contributed by atoms with Gasteiger partial charge >= 0.3 is 0 Å². The lowest BCUT2D eigenvalue weighted by Gasteiger charge is -2.33. The first-order chi connectivity index (χ1) is 9.62. The summed E-state index contributed by atoms with van der Waals surface area (Å²) in [4.78, 5) is 22.7. The summed E-state index contributed by atoms with van der Waals surface area (Å²) in [6, 6.07) is 7.03. The van der Waals surface area contributed by atoms with E-state index in [1.165, 1.54) is 0 Å². The molecule has 1 fully saturated rings. The largest absolute Gasteiger partial charge is 0.300 e. The molecule has 0 heterocycles. The fraction of sp³-hybridized carbons (Fsp3) is 0.438. The number of fused-ring (bicyclic) bond motifs is 1. The van der Waals surface area contributed by atoms with Gasteiger partial charge in [-0.1, -0.05) is 24.3 Å². The molecule has 4 nitrogen and oxygen atoms in total. The minimum Gasteiger partial charge on any atom is -0.300 e. The highest BCUT2D eigenvalue weighted by Gasteiger charge is 2.54. The van der Waals surface area contributed by atoms with E-state index < -0.39 is 6.04 Å². The number of hydrogen-bond donors (Lipinski definition) is 0. The second-order valence-corrected chi connectivity index (χ2v) is 5.46. The summed E-state index contributed by atoms with van der Waals surface area (Å²) in [6.07, 6.45) is 3.07. The highest BCUT2D eigenvalue weighted by atomic mass is 16.6. The van der Waals surface area contributed by atoms with Crippen molar-refractivity contribution < 1.29 is 9.72 Å². The van der Waals surface area contributed by atoms with E-state index in [1.807, 2.05) is 24.3 Å². The van der Waals surface area contributed by atoms with E-state index in [2.05, 4.69) is 13.2 Å². The molecule has 106 valence electrons. The molecule has 0 radical (unpaired) electrons. The summed E-state index contributed by atoms with van der Waals surface area (Å²) in [7, 11) is 0. The van der Waals surface area contributed by atoms with Gasteiger partial charge in [-0.3, -0.25) is 14.9 Å². The molecule has 1 aromatic rings. The van der Waals surface area contributed by atoms with E-state index in [0.717, 1.165) is 17.5 Å². The van der Waals surface area contributed by atoms with Crippen LogP contribution in [0, 0.1) is 15.5 Å². The maximum Gasteiger partial charge on any atom is 0.244 e. The molecule has 0 aliphatic heterocycles. The van der Waals surface area contributed by atoms with Gasteiger partial charge < -0.3 is 0 Å². The lowest BCUT2D eigenvalue weighted by Crippen LogP contribution is -2.35. The number of nitrogens with zero attached hydrogens (tertiary/aromatic N) is 1. The van der Waals surface area contributed by atoms with Gasteiger partial charge in [0.1, 0.15) is 5.78 Å². The van der Waals surface area contributed by atoms with Gasteiger partial charge in [0.2, 0.25) is 6.04 Å². The highest BCUT2D eigenvalue weighted by Crippen LogP contribution is 2.54. The van der Waals surface area contributed by atoms with Crippen LogP contribution < -0.4 is 0 Å². The molecular weight excluding hydrogens is 254 g/mol. The lowest BCUT2D eigenvalue weighted by atomic mass is 9.69. The fourth-order valence-electron chi connectivity index (χ4n) is 3.58. The number of ketones is 1. The van der Waals surface area contributed by atoms with Crippen molar-refractivity contribution in [2.75, 3.05) is 0 Å². The van der Waals surface area contributed by atoms with Crippen LogP contribution in [0.1, 0.15) is 42.9 Å². The third-order valence-corrected chi connectivity index (χ3v) is 4.49. The Kier molecular flexibility index (Phi) is 4.02. The zero-order valence-corrected chi connectivity index (χ0v) is 11.5. The molecule has 2 aliphatic rings. The zero-order valence-electron chi connectivity index (χ0n) is 11.5. The molecule has 3 rings (SSSR count). The number of carbonyl (C=O) groups excluding carboxylic acids is 1. The summed E-state index contributed by atoms with van der Waals surface area (Å²) < 4.78 is 0. The minimum absolute atomic E-state index is 0.151. The van der Waals surface area contributed by atoms with Crippen molar-refractivity contribution in [1.82, 2.24) is 0 Å². The van der Waals surface area contributed by atoms with Gasteiger partial charge in [0.05, 0.1) is 0 Å². The Hall–Kier alpha value is -1.97. The van der Waals surface area contributed by atoms with E-state index >= 15 is 0 Å². The first kappa shape index (κ1) is 14.4. The Bertz CT molecular complexity index is 528. The molecule has 2 aliphatic carbocycles. The van der Waals surface area contributed by atoms with Gasteiger partial charge in [0.25, 0.3) is 0 Å². The summed E-state index contributed by atoms with van der Waals surface area (Å²) in [5.74, 6) is 0.249. The predicted molar refractivity (Wildman–Crippen MR) is 77.0 cm³/mol. The molecule has 1 atom stereocenters. The maximum absolute atomic E-state index is 11.4. The van der Waals surface area contributed by atoms with Crippen LogP contribution >= 0.6 is 0 Å². The third-order valence-electron chi connectivity index (χ3n) is 4.49. The Balaban J connectivity index is 0.000000704. The van der Waals surface area contributed by atoms with E-state index in [1.54, 1.807) is 0 Å². The number of Topliss-reactive ketones (excluding diaryl/α,β-unsaturated/α-hetero) is 1. The van der Waals surface area contributed by atoms with Gasteiger partial charge in [0.15, 0.2) is 0 Å². The quantitative estimate of drug-likeness (QED) is 0.447. The minimum atomic E-state index is -0.623. The second-order valence-electron chi connectivity index (χ2n) is 5.46. The molecular formula is C16H19NO3. The Morgan fingerprint density at radius 1 is 1.20 bits per heavy atom. The average Bonchev–Trinajstić information content (AvgIpc) is 2.78. The van der Waals surface area contributed by atoms with E-state index in [9.17, 15) is 14.9 Å². The number of rotatable bonds is 1. The Morgan fingerprint density at radius 2 is 1.80 bits per heavy atom. The molecule has 4 heteroatoms. The summed E-state index contributed by atoms with van der Waals surface area (Å²) in [5.41, 5.74) is 1.63. The number of hydrogen-bond acceptors (Lipinski definition) is 3. The van der Waals surface area contributed by atoms with Crippen molar-refractivity contribution in [2.24, 2.45) is 5.41 Å². The number of carbonyl (C=O) groups is 1. The molecule has 1 aromatic carbocycles. The van der Waals surface area contributed by atoms with Crippen molar-refractivity contribution >= 4 is 5.78 Å². The second kappa shape index (κ2) is 5.57. The van der Waals surface area contributed by atoms with Crippen molar-refractivity contribution in [3.05, 3.63) is 58.7 Å². The van der Waals surface area contributed by atoms with Gasteiger partial charge in [-0.15, -0.1) is 13.2 Å². The topological polar surface area (TPSA) is 60.2 Å². The molecule has 0 bridgehead atoms. The van der Waals surface area contributed by atoms with Crippen LogP contribution in [0.5, 0.6) is 0 Å². The van der Waals surface area contributed by atoms with Crippen LogP contribution in [0.25, 0.3) is 0 Å². The molecule has 1 unspecified atom stereocenters. The van der Waals surface area contributed by atoms with Crippen LogP contribution in [0.15, 0.2) is 37.4 Å². The van der Waals surface area contributed by atoms with Gasteiger partial charge in [-0.05, 0) is 24.8 Å². The number of benzene rings is 1. The van der Waals surface area contributed by atoms with Crippen LogP contribution in [0.3, 0.4) is 0 Å². The molecule has 0 aromatic heterocycles. The first-order valence-corrected chi connectivity index (χ1v) is 6.85. The van der Waals surface area contributed by atoms with Crippen LogP contribution in [-0.2, 0) is 11.2 Å². The Labute approximate surface area is 118 Å². The zero-order chi connectivity index (χ0) is 14.8. The first-order valence-electron chi connectivity index (χ1n) is 6.85. The van der Waals surface area contributed by atoms with E-state index in [0.29, 0.717) is 25.7 Å². The molecule has 1 spiro atoms. The van der Waals surface area contributed by atoms with E-state index in [4.69, 9.17) is 0 Å². The molecule has 1 saturated carbocycles. The van der Waals surface area contributed by atoms with Crippen molar-refractivity contribution in [3.8, 4) is 0 Å². The van der Waals surface area contributed by atoms with Crippen LogP contribution in [0.4, 0.5) is 0 Å². The van der Waals surface area contributed by atoms with Crippen LogP contribution in [-0.4, -0.2) is 10.7 Å². The Morgan fingerprint density at radius 3 is 2.40 bits per heavy atom. The molecule has 0 saturated heterocycles. The van der Waals surface area contributed by atoms with Gasteiger partial charge in [0, 0.05) is 28.7 Å². The lowest BCUT2D eigenvalue weighted by molar-refractivity contribution is -0.548. The summed E-state index contributed by atoms with van der Waals surface area (Å²) in [5, 5.41) is 11.4. The van der Waals surface area contributed by atoms with Gasteiger partial charge in [-0.2, -0.15) is 0 Å². The van der Waals surface area contributed by atoms with Crippen LogP contribution in [0.2, 0.25) is 0 Å². The highest BCUT2D eigenvalue weighted by molar-refractivity contribution is 5.79.